The lowest BCUT2D eigenvalue weighted by atomic mass is 9.88. The van der Waals surface area contributed by atoms with E-state index in [0.29, 0.717) is 5.92 Å². The highest BCUT2D eigenvalue weighted by Crippen LogP contribution is 2.28. The first kappa shape index (κ1) is 29.2. The predicted molar refractivity (Wildman–Crippen MR) is 133 cm³/mol. The number of methoxy groups -OCH3 is 1. The highest BCUT2D eigenvalue weighted by molar-refractivity contribution is 5.87. The van der Waals surface area contributed by atoms with Crippen LogP contribution in [0.2, 0.25) is 0 Å². The van der Waals surface area contributed by atoms with Crippen LogP contribution in [0.15, 0.2) is 36.0 Å². The number of rotatable bonds is 9. The van der Waals surface area contributed by atoms with Crippen LogP contribution in [-0.2, 0) is 23.8 Å². The zero-order valence-corrected chi connectivity index (χ0v) is 21.8. The summed E-state index contributed by atoms with van der Waals surface area (Å²) in [6, 6.07) is -0.0233. The second kappa shape index (κ2) is 13.9. The van der Waals surface area contributed by atoms with Crippen LogP contribution in [0.5, 0.6) is 0 Å². The summed E-state index contributed by atoms with van der Waals surface area (Å²) in [7, 11) is 1.31. The minimum atomic E-state index is -1.06. The van der Waals surface area contributed by atoms with E-state index in [1.807, 2.05) is 39.8 Å². The van der Waals surface area contributed by atoms with Gasteiger partial charge in [-0.05, 0) is 44.6 Å². The van der Waals surface area contributed by atoms with Crippen molar-refractivity contribution >= 4 is 11.9 Å². The van der Waals surface area contributed by atoms with E-state index < -0.39 is 30.4 Å². The minimum absolute atomic E-state index is 0.0233. The fourth-order valence-corrected chi connectivity index (χ4v) is 4.39. The summed E-state index contributed by atoms with van der Waals surface area (Å²) in [6.07, 6.45) is 7.60. The molecule has 0 spiro atoms. The number of amides is 1. The maximum atomic E-state index is 12.2. The Balaban J connectivity index is 1.89. The van der Waals surface area contributed by atoms with Gasteiger partial charge in [-0.3, -0.25) is 9.59 Å². The number of hydrogen-bond donors (Lipinski definition) is 3. The largest absolute Gasteiger partial charge is 0.469 e. The molecule has 3 N–H and O–H groups in total. The molecule has 0 aromatic carbocycles. The first-order valence-electron chi connectivity index (χ1n) is 12.6. The van der Waals surface area contributed by atoms with E-state index in [2.05, 4.69) is 23.1 Å². The molecule has 0 aromatic rings. The molecule has 1 amide bonds. The van der Waals surface area contributed by atoms with Gasteiger partial charge in [0.15, 0.2) is 0 Å². The Bertz CT molecular complexity index is 790. The fourth-order valence-electron chi connectivity index (χ4n) is 4.39. The van der Waals surface area contributed by atoms with E-state index in [1.165, 1.54) is 7.11 Å². The van der Waals surface area contributed by atoms with Gasteiger partial charge >= 0.3 is 5.97 Å². The van der Waals surface area contributed by atoms with Crippen LogP contribution in [-0.4, -0.2) is 71.9 Å². The zero-order chi connectivity index (χ0) is 26.1. The first-order valence-corrected chi connectivity index (χ1v) is 12.6. The number of aliphatic hydroxyl groups is 2. The summed E-state index contributed by atoms with van der Waals surface area (Å²) in [5.41, 5.74) is 0.975. The van der Waals surface area contributed by atoms with Crippen molar-refractivity contribution in [2.24, 2.45) is 11.8 Å². The smallest absolute Gasteiger partial charge is 0.308 e. The van der Waals surface area contributed by atoms with Crippen LogP contribution < -0.4 is 5.32 Å². The lowest BCUT2D eigenvalue weighted by molar-refractivity contribution is -0.165. The van der Waals surface area contributed by atoms with Crippen LogP contribution in [0, 0.1) is 11.8 Å². The maximum Gasteiger partial charge on any atom is 0.308 e. The molecule has 2 heterocycles. The van der Waals surface area contributed by atoms with Gasteiger partial charge in [0, 0.05) is 6.42 Å². The van der Waals surface area contributed by atoms with Crippen molar-refractivity contribution in [3.63, 3.8) is 0 Å². The standard InChI is InChI=1S/C27H43NO7/c1-16(2)7-12-25(30)28-21-13-18(4)23(34-19(21)5)10-8-17(3)9-11-24-27(32)22(29)14-20(35-24)15-26(31)33-6/h7-9,11-12,16,18-24,27,29,32H,10,13-15H2,1-6H3,(H,28,30)/b11-9+,12-7-,17-8+/t18-,19+,20-,21+,22-,23-,24+,27-/m0/s1. The minimum Gasteiger partial charge on any atom is -0.469 e. The lowest BCUT2D eigenvalue weighted by Crippen LogP contribution is -2.50. The van der Waals surface area contributed by atoms with Gasteiger partial charge in [-0.15, -0.1) is 0 Å². The summed E-state index contributed by atoms with van der Waals surface area (Å²) in [6.45, 7) is 10.1. The molecular formula is C27H43NO7. The van der Waals surface area contributed by atoms with Crippen molar-refractivity contribution in [2.45, 2.75) is 103 Å². The molecule has 8 nitrogen and oxygen atoms in total. The Morgan fingerprint density at radius 2 is 1.86 bits per heavy atom. The van der Waals surface area contributed by atoms with E-state index in [0.717, 1.165) is 18.4 Å². The van der Waals surface area contributed by atoms with Gasteiger partial charge in [-0.25, -0.2) is 0 Å². The molecule has 0 aliphatic carbocycles. The third-order valence-electron chi connectivity index (χ3n) is 6.60. The van der Waals surface area contributed by atoms with Crippen molar-refractivity contribution in [2.75, 3.05) is 7.11 Å². The second-order valence-corrected chi connectivity index (χ2v) is 10.2. The third-order valence-corrected chi connectivity index (χ3v) is 6.60. The van der Waals surface area contributed by atoms with E-state index in [9.17, 15) is 19.8 Å². The summed E-state index contributed by atoms with van der Waals surface area (Å²) in [5.74, 6) is 0.0996. The van der Waals surface area contributed by atoms with E-state index in [4.69, 9.17) is 9.47 Å². The van der Waals surface area contributed by atoms with Gasteiger partial charge in [-0.1, -0.05) is 50.6 Å². The highest BCUT2D eigenvalue weighted by Gasteiger charge is 2.36. The van der Waals surface area contributed by atoms with Crippen LogP contribution >= 0.6 is 0 Å². The second-order valence-electron chi connectivity index (χ2n) is 10.2. The molecule has 0 aromatic heterocycles. The number of ether oxygens (including phenoxy) is 3. The summed E-state index contributed by atoms with van der Waals surface area (Å²) in [5, 5.41) is 23.5. The Morgan fingerprint density at radius 3 is 2.51 bits per heavy atom. The fraction of sp³-hybridized carbons (Fsp3) is 0.704. The number of esters is 1. The van der Waals surface area contributed by atoms with Crippen molar-refractivity contribution in [1.82, 2.24) is 5.32 Å². The molecule has 35 heavy (non-hydrogen) atoms. The molecule has 2 aliphatic heterocycles. The molecule has 2 aliphatic rings. The van der Waals surface area contributed by atoms with E-state index >= 15 is 0 Å². The van der Waals surface area contributed by atoms with Gasteiger partial charge in [0.05, 0.1) is 44.0 Å². The van der Waals surface area contributed by atoms with Crippen molar-refractivity contribution in [3.8, 4) is 0 Å². The van der Waals surface area contributed by atoms with E-state index in [1.54, 1.807) is 12.2 Å². The summed E-state index contributed by atoms with van der Waals surface area (Å²) >= 11 is 0. The quantitative estimate of drug-likeness (QED) is 0.257. The number of hydrogen-bond acceptors (Lipinski definition) is 7. The first-order chi connectivity index (χ1) is 16.5. The molecule has 0 bridgehead atoms. The van der Waals surface area contributed by atoms with Crippen LogP contribution in [0.4, 0.5) is 0 Å². The number of aliphatic hydroxyl groups excluding tert-OH is 2. The predicted octanol–water partition coefficient (Wildman–Crippen LogP) is 2.83. The van der Waals surface area contributed by atoms with Crippen LogP contribution in [0.1, 0.15) is 60.3 Å². The molecule has 0 unspecified atom stereocenters. The molecule has 198 valence electrons. The Hall–Kier alpha value is -2.00. The van der Waals surface area contributed by atoms with Crippen molar-refractivity contribution in [3.05, 3.63) is 36.0 Å². The molecule has 2 saturated heterocycles. The number of carbonyl (C=O) groups is 2. The molecule has 0 saturated carbocycles. The van der Waals surface area contributed by atoms with Gasteiger partial charge in [0.1, 0.15) is 12.2 Å². The van der Waals surface area contributed by atoms with Gasteiger partial charge in [-0.2, -0.15) is 0 Å². The highest BCUT2D eigenvalue weighted by atomic mass is 16.5. The SMILES string of the molecule is COC(=O)C[C@@H]1C[C@H](O)[C@H](O)[C@@H](/C=C/C(C)=C/C[C@@H]2O[C@H](C)[C@H](NC(=O)/C=C\C(C)C)C[C@@H]2C)O1. The molecule has 2 rings (SSSR count). The normalized spacial score (nSPS) is 34.5. The van der Waals surface area contributed by atoms with Gasteiger partial charge < -0.3 is 29.7 Å². The summed E-state index contributed by atoms with van der Waals surface area (Å²) in [4.78, 5) is 23.7. The average Bonchev–Trinajstić information content (AvgIpc) is 2.80. The summed E-state index contributed by atoms with van der Waals surface area (Å²) < 4.78 is 16.7. The number of carbonyl (C=O) groups excluding carboxylic acids is 2. The molecular weight excluding hydrogens is 450 g/mol. The van der Waals surface area contributed by atoms with Gasteiger partial charge in [0.25, 0.3) is 0 Å². The number of nitrogens with one attached hydrogen (secondary N) is 1. The Kier molecular flexibility index (Phi) is 11.6. The number of allylic oxidation sites excluding steroid dienone is 3. The Morgan fingerprint density at radius 1 is 1.14 bits per heavy atom. The monoisotopic (exact) mass is 493 g/mol. The Labute approximate surface area is 209 Å². The maximum absolute atomic E-state index is 12.2. The van der Waals surface area contributed by atoms with Gasteiger partial charge in [0.2, 0.25) is 5.91 Å². The zero-order valence-electron chi connectivity index (χ0n) is 21.8. The third kappa shape index (κ3) is 9.52. The van der Waals surface area contributed by atoms with Crippen LogP contribution in [0.3, 0.4) is 0 Å². The lowest BCUT2D eigenvalue weighted by Gasteiger charge is -2.39. The van der Waals surface area contributed by atoms with Crippen molar-refractivity contribution in [1.29, 1.82) is 0 Å². The van der Waals surface area contributed by atoms with Crippen LogP contribution in [0.25, 0.3) is 0 Å². The van der Waals surface area contributed by atoms with E-state index in [-0.39, 0.29) is 42.9 Å². The molecule has 2 fully saturated rings. The van der Waals surface area contributed by atoms with Crippen molar-refractivity contribution < 1.29 is 34.0 Å². The average molecular weight is 494 g/mol. The molecule has 8 heteroatoms. The topological polar surface area (TPSA) is 114 Å². The molecule has 8 atom stereocenters. The molecule has 0 radical (unpaired) electrons.